The molecule has 6 nitrogen and oxygen atoms in total. The fourth-order valence-electron chi connectivity index (χ4n) is 4.96. The van der Waals surface area contributed by atoms with Crippen molar-refractivity contribution in [3.05, 3.63) is 65.1 Å². The Morgan fingerprint density at radius 2 is 2.03 bits per heavy atom. The number of fused-ring (bicyclic) bond motifs is 4. The second-order valence-corrected chi connectivity index (χ2v) is 8.41. The van der Waals surface area contributed by atoms with Gasteiger partial charge in [0.2, 0.25) is 5.91 Å². The highest BCUT2D eigenvalue weighted by Crippen LogP contribution is 2.42. The molecule has 2 aliphatic rings. The monoisotopic (exact) mass is 436 g/mol. The van der Waals surface area contributed by atoms with Crippen LogP contribution in [-0.2, 0) is 30.6 Å². The molecule has 1 aliphatic heterocycles. The van der Waals surface area contributed by atoms with Crippen LogP contribution >= 0.6 is 0 Å². The second-order valence-electron chi connectivity index (χ2n) is 8.41. The van der Waals surface area contributed by atoms with E-state index >= 15 is 0 Å². The standard InChI is InChI=1S/C24H22F2N4O2/c1-2-19(31)30-9-7-14-13(12-30)4-3-5-15(14)17-11-28-22(23(27)32)21-20(17)16-10-24(25,26)8-6-18(16)29-21/h2-5,11,29H,1,6-10,12H2,(H2,27,32). The molecule has 5 rings (SSSR count). The van der Waals surface area contributed by atoms with Crippen molar-refractivity contribution in [1.82, 2.24) is 14.9 Å². The Hall–Kier alpha value is -3.55. The van der Waals surface area contributed by atoms with Gasteiger partial charge in [0.25, 0.3) is 11.8 Å². The number of carbonyl (C=O) groups is 2. The first-order chi connectivity index (χ1) is 15.3. The predicted octanol–water partition coefficient (Wildman–Crippen LogP) is 3.52. The summed E-state index contributed by atoms with van der Waals surface area (Å²) in [5.74, 6) is -3.64. The van der Waals surface area contributed by atoms with Gasteiger partial charge in [0.1, 0.15) is 0 Å². The summed E-state index contributed by atoms with van der Waals surface area (Å²) in [5.41, 5.74) is 10.8. The maximum absolute atomic E-state index is 14.3. The van der Waals surface area contributed by atoms with Crippen LogP contribution in [0.3, 0.4) is 0 Å². The zero-order valence-corrected chi connectivity index (χ0v) is 17.4. The Morgan fingerprint density at radius 1 is 1.22 bits per heavy atom. The number of H-pyrrole nitrogens is 1. The number of aromatic amines is 1. The molecule has 8 heteroatoms. The van der Waals surface area contributed by atoms with E-state index in [0.29, 0.717) is 47.2 Å². The molecule has 164 valence electrons. The molecular weight excluding hydrogens is 414 g/mol. The van der Waals surface area contributed by atoms with Crippen molar-refractivity contribution in [2.75, 3.05) is 6.54 Å². The predicted molar refractivity (Wildman–Crippen MR) is 116 cm³/mol. The Kier molecular flexibility index (Phi) is 4.62. The van der Waals surface area contributed by atoms with Crippen LogP contribution in [0, 0.1) is 0 Å². The van der Waals surface area contributed by atoms with Crippen molar-refractivity contribution in [3.63, 3.8) is 0 Å². The molecule has 2 aromatic heterocycles. The number of halogens is 2. The van der Waals surface area contributed by atoms with E-state index in [1.807, 2.05) is 18.2 Å². The maximum atomic E-state index is 14.3. The lowest BCUT2D eigenvalue weighted by atomic mass is 9.86. The molecule has 0 saturated carbocycles. The number of amides is 2. The van der Waals surface area contributed by atoms with Crippen LogP contribution < -0.4 is 5.73 Å². The molecule has 32 heavy (non-hydrogen) atoms. The summed E-state index contributed by atoms with van der Waals surface area (Å²) in [6.07, 6.45) is 3.04. The highest BCUT2D eigenvalue weighted by Gasteiger charge is 2.37. The molecule has 0 spiro atoms. The Morgan fingerprint density at radius 3 is 2.78 bits per heavy atom. The topological polar surface area (TPSA) is 92.1 Å². The summed E-state index contributed by atoms with van der Waals surface area (Å²) in [6.45, 7) is 4.55. The van der Waals surface area contributed by atoms with Crippen LogP contribution in [-0.4, -0.2) is 39.1 Å². The lowest BCUT2D eigenvalue weighted by Gasteiger charge is -2.29. The molecule has 2 amide bonds. The number of aryl methyl sites for hydroxylation is 1. The molecule has 0 radical (unpaired) electrons. The summed E-state index contributed by atoms with van der Waals surface area (Å²) < 4.78 is 28.7. The van der Waals surface area contributed by atoms with Gasteiger partial charge in [-0.3, -0.25) is 9.59 Å². The Balaban J connectivity index is 1.72. The highest BCUT2D eigenvalue weighted by molar-refractivity contribution is 6.09. The van der Waals surface area contributed by atoms with Crippen molar-refractivity contribution >= 4 is 22.7 Å². The lowest BCUT2D eigenvalue weighted by molar-refractivity contribution is -0.126. The first kappa shape index (κ1) is 20.4. The number of benzene rings is 1. The van der Waals surface area contributed by atoms with Crippen LogP contribution in [0.2, 0.25) is 0 Å². The Labute approximate surface area is 183 Å². The van der Waals surface area contributed by atoms with E-state index in [9.17, 15) is 18.4 Å². The van der Waals surface area contributed by atoms with Gasteiger partial charge in [-0.05, 0) is 41.2 Å². The van der Waals surface area contributed by atoms with Gasteiger partial charge in [0.15, 0.2) is 5.69 Å². The average molecular weight is 436 g/mol. The summed E-state index contributed by atoms with van der Waals surface area (Å²) in [7, 11) is 0. The minimum absolute atomic E-state index is 0.0500. The number of pyridine rings is 1. The van der Waals surface area contributed by atoms with Crippen LogP contribution in [0.4, 0.5) is 8.78 Å². The molecule has 1 aliphatic carbocycles. The number of aromatic nitrogens is 2. The zero-order chi connectivity index (χ0) is 22.6. The van der Waals surface area contributed by atoms with Crippen molar-refractivity contribution in [1.29, 1.82) is 0 Å². The number of rotatable bonds is 3. The third-order valence-electron chi connectivity index (χ3n) is 6.47. The lowest BCUT2D eigenvalue weighted by Crippen LogP contribution is -2.34. The molecular formula is C24H22F2N4O2. The van der Waals surface area contributed by atoms with Crippen LogP contribution in [0.5, 0.6) is 0 Å². The largest absolute Gasteiger partial charge is 0.364 e. The molecule has 0 unspecified atom stereocenters. The van der Waals surface area contributed by atoms with Crippen LogP contribution in [0.25, 0.3) is 22.0 Å². The van der Waals surface area contributed by atoms with E-state index in [4.69, 9.17) is 5.73 Å². The first-order valence-corrected chi connectivity index (χ1v) is 10.5. The van der Waals surface area contributed by atoms with Crippen molar-refractivity contribution in [3.8, 4) is 11.1 Å². The Bertz CT molecular complexity index is 1290. The molecule has 3 N–H and O–H groups in total. The molecule has 3 aromatic rings. The SMILES string of the molecule is C=CC(=O)N1CCc2c(cccc2-c2cnc(C(N)=O)c3[nH]c4c(c23)CC(F)(F)CC4)C1. The molecule has 1 aromatic carbocycles. The smallest absolute Gasteiger partial charge is 0.269 e. The average Bonchev–Trinajstić information content (AvgIpc) is 3.14. The molecule has 0 atom stereocenters. The molecule has 3 heterocycles. The summed E-state index contributed by atoms with van der Waals surface area (Å²) in [5, 5.41) is 0.584. The van der Waals surface area contributed by atoms with Gasteiger partial charge in [-0.2, -0.15) is 0 Å². The number of hydrogen-bond donors (Lipinski definition) is 2. The van der Waals surface area contributed by atoms with Gasteiger partial charge >= 0.3 is 0 Å². The van der Waals surface area contributed by atoms with Gasteiger partial charge in [-0.25, -0.2) is 13.8 Å². The van der Waals surface area contributed by atoms with E-state index in [-0.39, 0.29) is 24.4 Å². The number of alkyl halides is 2. The number of nitrogens with one attached hydrogen (secondary N) is 1. The number of carbonyl (C=O) groups excluding carboxylic acids is 2. The fraction of sp³-hybridized carbons (Fsp3) is 0.292. The number of hydrogen-bond acceptors (Lipinski definition) is 3. The van der Waals surface area contributed by atoms with Crippen molar-refractivity contribution in [2.45, 2.75) is 38.2 Å². The maximum Gasteiger partial charge on any atom is 0.269 e. The van der Waals surface area contributed by atoms with Gasteiger partial charge in [0, 0.05) is 48.8 Å². The second kappa shape index (κ2) is 7.25. The first-order valence-electron chi connectivity index (χ1n) is 10.5. The van der Waals surface area contributed by atoms with E-state index in [0.717, 1.165) is 16.7 Å². The molecule has 0 bridgehead atoms. The molecule has 0 saturated heterocycles. The number of primary amides is 1. The summed E-state index contributed by atoms with van der Waals surface area (Å²) in [6, 6.07) is 5.78. The van der Waals surface area contributed by atoms with E-state index in [1.54, 1.807) is 11.1 Å². The van der Waals surface area contributed by atoms with E-state index in [1.165, 1.54) is 6.08 Å². The van der Waals surface area contributed by atoms with Crippen LogP contribution in [0.1, 0.15) is 39.3 Å². The summed E-state index contributed by atoms with van der Waals surface area (Å²) in [4.78, 5) is 33.3. The number of nitrogens with two attached hydrogens (primary N) is 1. The van der Waals surface area contributed by atoms with E-state index < -0.39 is 18.3 Å². The summed E-state index contributed by atoms with van der Waals surface area (Å²) >= 11 is 0. The quantitative estimate of drug-likeness (QED) is 0.616. The minimum atomic E-state index is -2.81. The third-order valence-corrected chi connectivity index (χ3v) is 6.47. The van der Waals surface area contributed by atoms with Gasteiger partial charge < -0.3 is 15.6 Å². The van der Waals surface area contributed by atoms with Crippen molar-refractivity contribution in [2.24, 2.45) is 5.73 Å². The van der Waals surface area contributed by atoms with Gasteiger partial charge in [-0.15, -0.1) is 0 Å². The van der Waals surface area contributed by atoms with Gasteiger partial charge in [-0.1, -0.05) is 24.8 Å². The van der Waals surface area contributed by atoms with E-state index in [2.05, 4.69) is 16.5 Å². The van der Waals surface area contributed by atoms with Crippen molar-refractivity contribution < 1.29 is 18.4 Å². The minimum Gasteiger partial charge on any atom is -0.364 e. The number of nitrogens with zero attached hydrogens (tertiary/aromatic N) is 2. The normalized spacial score (nSPS) is 17.0. The molecule has 0 fully saturated rings. The third kappa shape index (κ3) is 3.18. The zero-order valence-electron chi connectivity index (χ0n) is 17.4. The van der Waals surface area contributed by atoms with Crippen LogP contribution in [0.15, 0.2) is 37.1 Å². The van der Waals surface area contributed by atoms with Gasteiger partial charge in [0.05, 0.1) is 5.52 Å². The fourth-order valence-corrected chi connectivity index (χ4v) is 4.96. The highest BCUT2D eigenvalue weighted by atomic mass is 19.3.